The topological polar surface area (TPSA) is 238 Å². The van der Waals surface area contributed by atoms with Crippen LogP contribution < -0.4 is 21.2 Å². The molecule has 13 nitrogen and oxygen atoms in total. The van der Waals surface area contributed by atoms with E-state index in [2.05, 4.69) is 21.8 Å². The molecule has 0 aliphatic carbocycles. The number of halogens is 1. The van der Waals surface area contributed by atoms with Crippen molar-refractivity contribution in [3.8, 4) is 11.3 Å². The summed E-state index contributed by atoms with van der Waals surface area (Å²) in [5.41, 5.74) is 1.76. The number of aliphatic hydroxyl groups excluding tert-OH is 2. The molecule has 0 saturated carbocycles. The van der Waals surface area contributed by atoms with Crippen LogP contribution in [-0.2, 0) is 14.8 Å². The zero-order valence-corrected chi connectivity index (χ0v) is 21.8. The fourth-order valence-corrected chi connectivity index (χ4v) is 3.41. The van der Waals surface area contributed by atoms with Gasteiger partial charge in [-0.05, 0) is 30.2 Å². The molecule has 15 heteroatoms. The maximum absolute atomic E-state index is 13.5. The number of aliphatic hydroxyl groups is 2. The molecule has 0 aliphatic heterocycles. The summed E-state index contributed by atoms with van der Waals surface area (Å²) in [5, 5.41) is 43.8. The van der Waals surface area contributed by atoms with Gasteiger partial charge in [0.15, 0.2) is 0 Å². The SMILES string of the molecule is CC(C)c1nc(N(C)S(C)(=O)=O)nc(-c2ccc(F)cc2)c1/C=C/[C@H](O)C[C@@H](O)CC(=O)[O-].NO.[NH3+]O. The Morgan fingerprint density at radius 2 is 1.73 bits per heavy atom. The molecule has 208 valence electrons. The van der Waals surface area contributed by atoms with Gasteiger partial charge in [0.2, 0.25) is 16.0 Å². The molecular weight excluding hydrogens is 513 g/mol. The van der Waals surface area contributed by atoms with E-state index in [0.717, 1.165) is 10.6 Å². The number of quaternary nitrogens is 1. The Balaban J connectivity index is 0.00000308. The van der Waals surface area contributed by atoms with Crippen LogP contribution in [0.4, 0.5) is 10.3 Å². The van der Waals surface area contributed by atoms with E-state index in [1.165, 1.54) is 43.5 Å². The van der Waals surface area contributed by atoms with Gasteiger partial charge in [0.25, 0.3) is 0 Å². The minimum absolute atomic E-state index is 0.0670. The first-order chi connectivity index (χ1) is 17.3. The zero-order valence-electron chi connectivity index (χ0n) is 20.9. The van der Waals surface area contributed by atoms with E-state index in [-0.39, 0.29) is 18.3 Å². The summed E-state index contributed by atoms with van der Waals surface area (Å²) in [5.74, 6) is 3.61. The molecule has 2 aromatic rings. The second-order valence-electron chi connectivity index (χ2n) is 7.96. The molecule has 0 amide bonds. The molecule has 1 aromatic heterocycles. The second-order valence-corrected chi connectivity index (χ2v) is 9.97. The molecule has 2 rings (SSSR count). The van der Waals surface area contributed by atoms with Crippen LogP contribution in [-0.4, -0.2) is 70.5 Å². The van der Waals surface area contributed by atoms with Crippen LogP contribution in [0.3, 0.4) is 0 Å². The summed E-state index contributed by atoms with van der Waals surface area (Å²) in [6, 6.07) is 5.46. The van der Waals surface area contributed by atoms with Crippen molar-refractivity contribution < 1.29 is 49.2 Å². The summed E-state index contributed by atoms with van der Waals surface area (Å²) in [4.78, 5) is 19.4. The number of benzene rings is 1. The van der Waals surface area contributed by atoms with Crippen LogP contribution in [0, 0.1) is 5.82 Å². The van der Waals surface area contributed by atoms with Gasteiger partial charge in [0.05, 0.1) is 29.9 Å². The number of rotatable bonds is 10. The van der Waals surface area contributed by atoms with Crippen LogP contribution in [0.5, 0.6) is 0 Å². The lowest BCUT2D eigenvalue weighted by Gasteiger charge is -2.20. The molecule has 9 N–H and O–H groups in total. The largest absolute Gasteiger partial charge is 0.550 e. The van der Waals surface area contributed by atoms with Crippen molar-refractivity contribution >= 4 is 28.0 Å². The maximum atomic E-state index is 13.5. The van der Waals surface area contributed by atoms with Crippen LogP contribution in [0.25, 0.3) is 17.3 Å². The smallest absolute Gasteiger partial charge is 0.239 e. The summed E-state index contributed by atoms with van der Waals surface area (Å²) >= 11 is 0. The molecule has 2 atom stereocenters. The Hall–Kier alpha value is -3.05. The highest BCUT2D eigenvalue weighted by atomic mass is 32.2. The number of anilines is 1. The maximum Gasteiger partial charge on any atom is 0.239 e. The van der Waals surface area contributed by atoms with E-state index in [0.29, 0.717) is 22.5 Å². The number of hydrogen-bond acceptors (Lipinski definition) is 11. The Kier molecular flexibility index (Phi) is 14.6. The van der Waals surface area contributed by atoms with Crippen molar-refractivity contribution in [1.82, 2.24) is 9.97 Å². The standard InChI is InChI=1S/C22H28FN3O6S.H4NO.H3NO/c1-13(2)20-18(10-9-16(27)11-17(28)12-19(29)30)21(14-5-7-15(23)8-6-14)25-22(24-20)26(3)33(4,31)32;2*1-2/h5-10,13,16-17,27-28H,11-12H2,1-4H3,(H,29,30);2H,1H3;2H,1H2/q;+1;/p-1/b10-9+;;/t16-,17+;;/m0../s1. The lowest BCUT2D eigenvalue weighted by molar-refractivity contribution is -0.670. The fraction of sp³-hybridized carbons (Fsp3) is 0.409. The molecule has 1 aromatic carbocycles. The molecule has 0 aliphatic rings. The Bertz CT molecular complexity index is 1130. The van der Waals surface area contributed by atoms with Gasteiger partial charge in [-0.25, -0.2) is 44.1 Å². The van der Waals surface area contributed by atoms with Crippen molar-refractivity contribution in [2.45, 2.75) is 44.8 Å². The normalized spacial score (nSPS) is 12.8. The summed E-state index contributed by atoms with van der Waals surface area (Å²) < 4.78 is 38.6. The van der Waals surface area contributed by atoms with Crippen molar-refractivity contribution in [1.29, 1.82) is 0 Å². The average Bonchev–Trinajstić information content (AvgIpc) is 2.83. The number of carboxylic acids is 1. The lowest BCUT2D eigenvalue weighted by atomic mass is 9.97. The highest BCUT2D eigenvalue weighted by Gasteiger charge is 2.22. The van der Waals surface area contributed by atoms with Crippen molar-refractivity contribution in [2.75, 3.05) is 17.6 Å². The first-order valence-electron chi connectivity index (χ1n) is 10.7. The molecule has 0 fully saturated rings. The zero-order chi connectivity index (χ0) is 28.9. The molecule has 0 unspecified atom stereocenters. The van der Waals surface area contributed by atoms with E-state index in [1.807, 2.05) is 13.8 Å². The third-order valence-electron chi connectivity index (χ3n) is 4.81. The number of carbonyl (C=O) groups excluding carboxylic acids is 1. The summed E-state index contributed by atoms with van der Waals surface area (Å²) in [7, 11) is -2.34. The van der Waals surface area contributed by atoms with Crippen molar-refractivity contribution in [3.05, 3.63) is 47.4 Å². The number of hydrogen-bond donors (Lipinski definition) is 6. The molecule has 0 spiro atoms. The first kappa shape index (κ1) is 34.0. The van der Waals surface area contributed by atoms with Gasteiger partial charge in [-0.15, -0.1) is 0 Å². The van der Waals surface area contributed by atoms with Gasteiger partial charge in [-0.1, -0.05) is 26.0 Å². The van der Waals surface area contributed by atoms with E-state index >= 15 is 0 Å². The van der Waals surface area contributed by atoms with E-state index in [1.54, 1.807) is 0 Å². The lowest BCUT2D eigenvalue weighted by Crippen LogP contribution is -2.42. The first-order valence-corrected chi connectivity index (χ1v) is 12.6. The predicted molar refractivity (Wildman–Crippen MR) is 131 cm³/mol. The molecular formula is C22H34FN5O8S. The monoisotopic (exact) mass is 547 g/mol. The molecule has 37 heavy (non-hydrogen) atoms. The predicted octanol–water partition coefficient (Wildman–Crippen LogP) is -0.981. The second kappa shape index (κ2) is 15.9. The third-order valence-corrected chi connectivity index (χ3v) is 5.97. The third kappa shape index (κ3) is 10.8. The highest BCUT2D eigenvalue weighted by molar-refractivity contribution is 7.92. The van der Waals surface area contributed by atoms with Gasteiger partial charge in [0, 0.05) is 37.0 Å². The quantitative estimate of drug-likeness (QED) is 0.198. The van der Waals surface area contributed by atoms with E-state index in [4.69, 9.17) is 10.4 Å². The minimum atomic E-state index is -3.66. The van der Waals surface area contributed by atoms with Crippen LogP contribution in [0.15, 0.2) is 30.3 Å². The Morgan fingerprint density at radius 1 is 1.19 bits per heavy atom. The molecule has 1 heterocycles. The number of carbonyl (C=O) groups is 1. The number of carboxylic acid groups (broad SMARTS) is 1. The summed E-state index contributed by atoms with van der Waals surface area (Å²) in [6.45, 7) is 3.69. The van der Waals surface area contributed by atoms with Crippen LogP contribution >= 0.6 is 0 Å². The van der Waals surface area contributed by atoms with Gasteiger partial charge in [-0.3, -0.25) is 0 Å². The average molecular weight is 548 g/mol. The number of nitrogens with zero attached hydrogens (tertiary/aromatic N) is 3. The van der Waals surface area contributed by atoms with Crippen LogP contribution in [0.2, 0.25) is 0 Å². The molecule has 0 bridgehead atoms. The van der Waals surface area contributed by atoms with Gasteiger partial charge in [-0.2, -0.15) is 0 Å². The minimum Gasteiger partial charge on any atom is -0.550 e. The fourth-order valence-electron chi connectivity index (χ4n) is 3.04. The molecule has 0 radical (unpaired) electrons. The number of nitrogens with two attached hydrogens (primary N) is 1. The van der Waals surface area contributed by atoms with E-state index in [9.17, 15) is 32.9 Å². The van der Waals surface area contributed by atoms with Crippen molar-refractivity contribution in [3.63, 3.8) is 0 Å². The Labute approximate surface area is 214 Å². The highest BCUT2D eigenvalue weighted by Crippen LogP contribution is 2.31. The molecule has 0 saturated heterocycles. The van der Waals surface area contributed by atoms with Crippen LogP contribution in [0.1, 0.15) is 43.9 Å². The van der Waals surface area contributed by atoms with Crippen molar-refractivity contribution in [2.24, 2.45) is 5.90 Å². The summed E-state index contributed by atoms with van der Waals surface area (Å²) in [6.07, 6.45) is 0.578. The van der Waals surface area contributed by atoms with Gasteiger partial charge < -0.3 is 25.3 Å². The number of aliphatic carboxylic acids is 1. The Morgan fingerprint density at radius 3 is 2.19 bits per heavy atom. The number of sulfonamides is 1. The van der Waals surface area contributed by atoms with Gasteiger partial charge >= 0.3 is 0 Å². The van der Waals surface area contributed by atoms with Gasteiger partial charge in [0.1, 0.15) is 5.82 Å². The number of aromatic nitrogens is 2. The van der Waals surface area contributed by atoms with E-state index < -0.39 is 40.4 Å².